The molecule has 6 nitrogen and oxygen atoms in total. The lowest BCUT2D eigenvalue weighted by molar-refractivity contribution is 0.135. The predicted molar refractivity (Wildman–Crippen MR) is 41.9 cm³/mol. The predicted octanol–water partition coefficient (Wildman–Crippen LogP) is -0.566. The van der Waals surface area contributed by atoms with E-state index >= 15 is 0 Å². The van der Waals surface area contributed by atoms with E-state index in [1.54, 1.807) is 5.01 Å². The van der Waals surface area contributed by atoms with E-state index in [-0.39, 0.29) is 12.6 Å². The van der Waals surface area contributed by atoms with Gasteiger partial charge < -0.3 is 9.79 Å². The van der Waals surface area contributed by atoms with Crippen LogP contribution < -0.4 is 5.84 Å². The Morgan fingerprint density at radius 1 is 1.67 bits per heavy atom. The van der Waals surface area contributed by atoms with Gasteiger partial charge in [0.05, 0.1) is 6.61 Å². The second kappa shape index (κ2) is 3.83. The molecule has 1 saturated heterocycles. The zero-order valence-electron chi connectivity index (χ0n) is 6.59. The molecular weight excluding hydrogens is 183 g/mol. The van der Waals surface area contributed by atoms with Crippen LogP contribution in [0.3, 0.4) is 0 Å². The van der Waals surface area contributed by atoms with Gasteiger partial charge in [-0.25, -0.2) is 9.57 Å². The molecule has 1 atom stereocenters. The van der Waals surface area contributed by atoms with Gasteiger partial charge in [0, 0.05) is 12.6 Å². The first-order valence-electron chi connectivity index (χ1n) is 3.70. The summed E-state index contributed by atoms with van der Waals surface area (Å²) in [5, 5.41) is 1.55. The average Bonchev–Trinajstić information content (AvgIpc) is 2.29. The summed E-state index contributed by atoms with van der Waals surface area (Å²) in [5.74, 6) is 5.51. The van der Waals surface area contributed by atoms with E-state index in [0.29, 0.717) is 0 Å². The number of hydrogen-bond acceptors (Lipinski definition) is 4. The van der Waals surface area contributed by atoms with E-state index in [2.05, 4.69) is 4.52 Å². The molecule has 0 radical (unpaired) electrons. The Kier molecular flexibility index (Phi) is 3.22. The molecule has 1 aliphatic heterocycles. The van der Waals surface area contributed by atoms with Crippen LogP contribution in [0.1, 0.15) is 12.8 Å². The zero-order chi connectivity index (χ0) is 9.19. The monoisotopic (exact) mass is 196 g/mol. The summed E-state index contributed by atoms with van der Waals surface area (Å²) in [6.45, 7) is 0.760. The zero-order valence-corrected chi connectivity index (χ0v) is 7.48. The van der Waals surface area contributed by atoms with Crippen molar-refractivity contribution in [2.45, 2.75) is 18.9 Å². The molecule has 4 N–H and O–H groups in total. The highest BCUT2D eigenvalue weighted by atomic mass is 31.2. The lowest BCUT2D eigenvalue weighted by atomic mass is 10.2. The van der Waals surface area contributed by atoms with Crippen molar-refractivity contribution in [1.82, 2.24) is 5.01 Å². The molecule has 0 aromatic rings. The van der Waals surface area contributed by atoms with Crippen molar-refractivity contribution >= 4 is 7.82 Å². The molecule has 12 heavy (non-hydrogen) atoms. The molecule has 1 aliphatic rings. The number of hydrazine groups is 1. The summed E-state index contributed by atoms with van der Waals surface area (Å²) < 4.78 is 14.6. The number of nitrogens with two attached hydrogens (primary N) is 1. The van der Waals surface area contributed by atoms with Gasteiger partial charge in [-0.1, -0.05) is 0 Å². The van der Waals surface area contributed by atoms with Crippen LogP contribution in [0.2, 0.25) is 0 Å². The van der Waals surface area contributed by atoms with Gasteiger partial charge >= 0.3 is 7.82 Å². The second-order valence-corrected chi connectivity index (χ2v) is 4.06. The summed E-state index contributed by atoms with van der Waals surface area (Å²) >= 11 is 0. The van der Waals surface area contributed by atoms with E-state index in [9.17, 15) is 4.57 Å². The lowest BCUT2D eigenvalue weighted by Crippen LogP contribution is -2.38. The quantitative estimate of drug-likeness (QED) is 0.413. The SMILES string of the molecule is NN1CCC[C@@H]1COP(=O)(O)O. The van der Waals surface area contributed by atoms with Gasteiger partial charge in [-0.05, 0) is 12.8 Å². The first-order valence-corrected chi connectivity index (χ1v) is 5.23. The van der Waals surface area contributed by atoms with E-state index in [4.69, 9.17) is 15.6 Å². The molecule has 1 fully saturated rings. The minimum absolute atomic E-state index is 0.000772. The summed E-state index contributed by atoms with van der Waals surface area (Å²) in [5.41, 5.74) is 0. The van der Waals surface area contributed by atoms with Crippen LogP contribution in [0.5, 0.6) is 0 Å². The van der Waals surface area contributed by atoms with E-state index in [0.717, 1.165) is 19.4 Å². The van der Waals surface area contributed by atoms with Crippen molar-refractivity contribution in [3.63, 3.8) is 0 Å². The Morgan fingerprint density at radius 3 is 2.75 bits per heavy atom. The van der Waals surface area contributed by atoms with Crippen molar-refractivity contribution in [3.05, 3.63) is 0 Å². The normalized spacial score (nSPS) is 26.4. The van der Waals surface area contributed by atoms with Gasteiger partial charge in [-0.3, -0.25) is 10.4 Å². The van der Waals surface area contributed by atoms with E-state index < -0.39 is 7.82 Å². The molecule has 1 rings (SSSR count). The molecule has 0 aliphatic carbocycles. The van der Waals surface area contributed by atoms with Gasteiger partial charge in [0.1, 0.15) is 0 Å². The molecule has 0 bridgehead atoms. The molecule has 0 aromatic heterocycles. The van der Waals surface area contributed by atoms with E-state index in [1.807, 2.05) is 0 Å². The van der Waals surface area contributed by atoms with Gasteiger partial charge in [0.2, 0.25) is 0 Å². The maximum atomic E-state index is 10.3. The van der Waals surface area contributed by atoms with Crippen LogP contribution in [-0.2, 0) is 9.09 Å². The summed E-state index contributed by atoms with van der Waals surface area (Å²) in [6, 6.07) is -0.0578. The Labute approximate surface area is 70.5 Å². The van der Waals surface area contributed by atoms with Gasteiger partial charge in [-0.2, -0.15) is 0 Å². The van der Waals surface area contributed by atoms with Crippen molar-refractivity contribution in [2.24, 2.45) is 5.84 Å². The van der Waals surface area contributed by atoms with Gasteiger partial charge in [-0.15, -0.1) is 0 Å². The number of hydrogen-bond donors (Lipinski definition) is 3. The summed E-state index contributed by atoms with van der Waals surface area (Å²) in [7, 11) is -4.33. The second-order valence-electron chi connectivity index (χ2n) is 2.82. The standard InChI is InChI=1S/C5H13N2O4P/c6-7-3-1-2-5(7)4-11-12(8,9)10/h5H,1-4,6H2,(H2,8,9,10)/t5-/m1/s1. The highest BCUT2D eigenvalue weighted by Crippen LogP contribution is 2.36. The van der Waals surface area contributed by atoms with Gasteiger partial charge in [0.15, 0.2) is 0 Å². The first kappa shape index (κ1) is 10.1. The molecule has 0 amide bonds. The van der Waals surface area contributed by atoms with E-state index in [1.165, 1.54) is 0 Å². The Hall–Kier alpha value is 0.0300. The fourth-order valence-corrected chi connectivity index (χ4v) is 1.59. The van der Waals surface area contributed by atoms with Gasteiger partial charge in [0.25, 0.3) is 0 Å². The maximum absolute atomic E-state index is 10.3. The Bertz CT molecular complexity index is 194. The fraction of sp³-hybridized carbons (Fsp3) is 1.00. The summed E-state index contributed by atoms with van der Waals surface area (Å²) in [4.78, 5) is 16.8. The Balaban J connectivity index is 2.27. The molecule has 0 unspecified atom stereocenters. The molecule has 7 heteroatoms. The highest BCUT2D eigenvalue weighted by molar-refractivity contribution is 7.46. The molecule has 0 spiro atoms. The average molecular weight is 196 g/mol. The van der Waals surface area contributed by atoms with Crippen LogP contribution in [0.4, 0.5) is 0 Å². The first-order chi connectivity index (χ1) is 5.49. The van der Waals surface area contributed by atoms with Crippen LogP contribution in [-0.4, -0.2) is 34.0 Å². The molecule has 0 aromatic carbocycles. The molecule has 0 saturated carbocycles. The highest BCUT2D eigenvalue weighted by Gasteiger charge is 2.25. The van der Waals surface area contributed by atoms with Crippen molar-refractivity contribution < 1.29 is 18.9 Å². The lowest BCUT2D eigenvalue weighted by Gasteiger charge is -2.18. The summed E-state index contributed by atoms with van der Waals surface area (Å²) in [6.07, 6.45) is 1.78. The third-order valence-corrected chi connectivity index (χ3v) is 2.34. The van der Waals surface area contributed by atoms with Crippen LogP contribution in [0, 0.1) is 0 Å². The van der Waals surface area contributed by atoms with Crippen molar-refractivity contribution in [3.8, 4) is 0 Å². The minimum atomic E-state index is -4.33. The largest absolute Gasteiger partial charge is 0.469 e. The topological polar surface area (TPSA) is 96.0 Å². The third-order valence-electron chi connectivity index (χ3n) is 1.86. The number of phosphoric acid groups is 1. The minimum Gasteiger partial charge on any atom is -0.303 e. The fourth-order valence-electron chi connectivity index (χ4n) is 1.22. The number of rotatable bonds is 3. The molecule has 72 valence electrons. The number of nitrogens with zero attached hydrogens (tertiary/aromatic N) is 1. The maximum Gasteiger partial charge on any atom is 0.469 e. The Morgan fingerprint density at radius 2 is 2.33 bits per heavy atom. The molecular formula is C5H13N2O4P. The smallest absolute Gasteiger partial charge is 0.303 e. The van der Waals surface area contributed by atoms with Crippen molar-refractivity contribution in [2.75, 3.05) is 13.2 Å². The van der Waals surface area contributed by atoms with Crippen LogP contribution in [0.15, 0.2) is 0 Å². The van der Waals surface area contributed by atoms with Crippen LogP contribution >= 0.6 is 7.82 Å². The number of phosphoric ester groups is 1. The van der Waals surface area contributed by atoms with Crippen LogP contribution in [0.25, 0.3) is 0 Å². The molecule has 1 heterocycles. The third kappa shape index (κ3) is 3.18. The van der Waals surface area contributed by atoms with Crippen molar-refractivity contribution in [1.29, 1.82) is 0 Å².